The van der Waals surface area contributed by atoms with Crippen molar-refractivity contribution >= 4 is 39.7 Å². The second-order valence-corrected chi connectivity index (χ2v) is 4.52. The van der Waals surface area contributed by atoms with E-state index in [0.29, 0.717) is 24.0 Å². The van der Waals surface area contributed by atoms with Gasteiger partial charge in [-0.3, -0.25) is 0 Å². The number of halogens is 2. The van der Waals surface area contributed by atoms with Crippen molar-refractivity contribution in [2.75, 3.05) is 18.0 Å². The van der Waals surface area contributed by atoms with E-state index < -0.39 is 0 Å². The molecule has 0 amide bonds. The van der Waals surface area contributed by atoms with E-state index in [1.54, 1.807) is 0 Å². The van der Waals surface area contributed by atoms with Gasteiger partial charge in [0.1, 0.15) is 5.15 Å². The van der Waals surface area contributed by atoms with E-state index in [-0.39, 0.29) is 0 Å². The summed E-state index contributed by atoms with van der Waals surface area (Å²) in [5, 5.41) is 9.84. The van der Waals surface area contributed by atoms with Crippen molar-refractivity contribution in [3.8, 4) is 6.07 Å². The summed E-state index contributed by atoms with van der Waals surface area (Å²) in [5.74, 6) is 0.381. The molecule has 0 fully saturated rings. The molecule has 0 spiro atoms. The van der Waals surface area contributed by atoms with Crippen LogP contribution < -0.4 is 4.90 Å². The molecule has 0 saturated heterocycles. The molecule has 6 heteroatoms. The maximum Gasteiger partial charge on any atom is 0.187 e. The molecule has 0 aromatic carbocycles. The zero-order chi connectivity index (χ0) is 11.3. The van der Waals surface area contributed by atoms with E-state index in [1.165, 1.54) is 11.3 Å². The Bertz CT molecular complexity index is 359. The van der Waals surface area contributed by atoms with Crippen LogP contribution in [0.5, 0.6) is 0 Å². The highest BCUT2D eigenvalue weighted by molar-refractivity contribution is 7.16. The number of hydrogen-bond acceptors (Lipinski definition) is 4. The Morgan fingerprint density at radius 1 is 1.60 bits per heavy atom. The molecule has 0 aliphatic carbocycles. The Balaban J connectivity index is 2.78. The molecule has 82 valence electrons. The Morgan fingerprint density at radius 2 is 2.33 bits per heavy atom. The summed E-state index contributed by atoms with van der Waals surface area (Å²) in [7, 11) is 0. The molecule has 0 N–H and O–H groups in total. The summed E-state index contributed by atoms with van der Waals surface area (Å²) in [6.45, 7) is 3.51. The Hall–Kier alpha value is -0.500. The average molecular weight is 264 g/mol. The van der Waals surface area contributed by atoms with Crippen molar-refractivity contribution in [2.24, 2.45) is 0 Å². The first-order valence-corrected chi connectivity index (χ1v) is 6.28. The van der Waals surface area contributed by atoms with E-state index in [1.807, 2.05) is 11.8 Å². The molecular weight excluding hydrogens is 253 g/mol. The quantitative estimate of drug-likeness (QED) is 0.766. The van der Waals surface area contributed by atoms with Crippen LogP contribution in [0.2, 0.25) is 5.15 Å². The lowest BCUT2D eigenvalue weighted by Crippen LogP contribution is -2.23. The van der Waals surface area contributed by atoms with E-state index >= 15 is 0 Å². The lowest BCUT2D eigenvalue weighted by molar-refractivity contribution is 0.822. The van der Waals surface area contributed by atoms with Gasteiger partial charge in [-0.1, -0.05) is 22.9 Å². The minimum atomic E-state index is 0.381. The van der Waals surface area contributed by atoms with Gasteiger partial charge < -0.3 is 4.90 Å². The lowest BCUT2D eigenvalue weighted by atomic mass is 10.4. The van der Waals surface area contributed by atoms with Crippen molar-refractivity contribution in [2.45, 2.75) is 19.2 Å². The summed E-state index contributed by atoms with van der Waals surface area (Å²) in [6, 6.07) is 2.11. The van der Waals surface area contributed by atoms with Gasteiger partial charge in [0.2, 0.25) is 0 Å². The maximum atomic E-state index is 8.52. The zero-order valence-corrected chi connectivity index (χ0v) is 10.7. The molecule has 0 bridgehead atoms. The summed E-state index contributed by atoms with van der Waals surface area (Å²) in [6.07, 6.45) is 0.487. The maximum absolute atomic E-state index is 8.52. The Kier molecular flexibility index (Phi) is 5.16. The van der Waals surface area contributed by atoms with Gasteiger partial charge in [-0.05, 0) is 6.92 Å². The van der Waals surface area contributed by atoms with Crippen LogP contribution in [0.4, 0.5) is 5.13 Å². The van der Waals surface area contributed by atoms with Gasteiger partial charge in [-0.25, -0.2) is 4.98 Å². The van der Waals surface area contributed by atoms with Crippen LogP contribution in [0.25, 0.3) is 0 Å². The number of nitriles is 1. The van der Waals surface area contributed by atoms with Gasteiger partial charge in [0.25, 0.3) is 0 Å². The van der Waals surface area contributed by atoms with E-state index in [0.717, 1.165) is 16.6 Å². The van der Waals surface area contributed by atoms with Crippen molar-refractivity contribution in [3.05, 3.63) is 10.0 Å². The van der Waals surface area contributed by atoms with Crippen LogP contribution in [-0.4, -0.2) is 18.1 Å². The number of hydrogen-bond donors (Lipinski definition) is 0. The first-order valence-electron chi connectivity index (χ1n) is 4.56. The molecular formula is C9H11Cl2N3S. The highest BCUT2D eigenvalue weighted by Gasteiger charge is 2.13. The molecule has 1 aromatic rings. The highest BCUT2D eigenvalue weighted by Crippen LogP contribution is 2.30. The van der Waals surface area contributed by atoms with Gasteiger partial charge in [0.05, 0.1) is 23.2 Å². The molecule has 3 nitrogen and oxygen atoms in total. The topological polar surface area (TPSA) is 39.9 Å². The number of nitrogens with zero attached hydrogens (tertiary/aromatic N) is 3. The molecule has 0 aliphatic rings. The number of alkyl halides is 1. The molecule has 1 rings (SSSR count). The van der Waals surface area contributed by atoms with Gasteiger partial charge in [0.15, 0.2) is 5.13 Å². The van der Waals surface area contributed by atoms with Crippen molar-refractivity contribution in [3.63, 3.8) is 0 Å². The van der Waals surface area contributed by atoms with Crippen LogP contribution >= 0.6 is 34.5 Å². The van der Waals surface area contributed by atoms with E-state index in [2.05, 4.69) is 11.1 Å². The molecule has 0 atom stereocenters. The molecule has 1 aromatic heterocycles. The van der Waals surface area contributed by atoms with Gasteiger partial charge in [-0.15, -0.1) is 11.6 Å². The van der Waals surface area contributed by atoms with E-state index in [4.69, 9.17) is 28.5 Å². The third kappa shape index (κ3) is 3.23. The average Bonchev–Trinajstić information content (AvgIpc) is 2.61. The zero-order valence-electron chi connectivity index (χ0n) is 8.33. The Labute approximate surface area is 103 Å². The standard InChI is InChI=1S/C9H11Cl2N3S/c1-2-14(5-3-4-12)9-13-8(11)7(6-10)15-9/h2-3,5-6H2,1H3. The summed E-state index contributed by atoms with van der Waals surface area (Å²) < 4.78 is 0. The van der Waals surface area contributed by atoms with Crippen molar-refractivity contribution in [1.29, 1.82) is 5.26 Å². The van der Waals surface area contributed by atoms with Crippen LogP contribution in [0.3, 0.4) is 0 Å². The van der Waals surface area contributed by atoms with Crippen LogP contribution in [0.1, 0.15) is 18.2 Å². The first-order chi connectivity index (χ1) is 7.22. The van der Waals surface area contributed by atoms with E-state index in [9.17, 15) is 0 Å². The van der Waals surface area contributed by atoms with Crippen molar-refractivity contribution in [1.82, 2.24) is 4.98 Å². The molecule has 15 heavy (non-hydrogen) atoms. The van der Waals surface area contributed by atoms with Crippen molar-refractivity contribution < 1.29 is 0 Å². The smallest absolute Gasteiger partial charge is 0.187 e. The number of aromatic nitrogens is 1. The monoisotopic (exact) mass is 263 g/mol. The molecule has 0 radical (unpaired) electrons. The van der Waals surface area contributed by atoms with Gasteiger partial charge >= 0.3 is 0 Å². The molecule has 0 saturated carbocycles. The van der Waals surface area contributed by atoms with Crippen LogP contribution in [-0.2, 0) is 5.88 Å². The fourth-order valence-electron chi connectivity index (χ4n) is 1.11. The number of rotatable bonds is 5. The largest absolute Gasteiger partial charge is 0.347 e. The second kappa shape index (κ2) is 6.16. The third-order valence-corrected chi connectivity index (χ3v) is 3.87. The number of anilines is 1. The third-order valence-electron chi connectivity index (χ3n) is 1.91. The molecule has 0 aliphatic heterocycles. The summed E-state index contributed by atoms with van der Waals surface area (Å²) in [5.41, 5.74) is 0. The van der Waals surface area contributed by atoms with Crippen LogP contribution in [0, 0.1) is 11.3 Å². The van der Waals surface area contributed by atoms with Gasteiger partial charge in [-0.2, -0.15) is 5.26 Å². The normalized spacial score (nSPS) is 10.0. The van der Waals surface area contributed by atoms with Gasteiger partial charge in [0, 0.05) is 13.1 Å². The summed E-state index contributed by atoms with van der Waals surface area (Å²) >= 11 is 13.1. The molecule has 0 unspecified atom stereocenters. The Morgan fingerprint density at radius 3 is 2.80 bits per heavy atom. The SMILES string of the molecule is CCN(CCC#N)c1nc(Cl)c(CCl)s1. The summed E-state index contributed by atoms with van der Waals surface area (Å²) in [4.78, 5) is 7.12. The number of thiazole rings is 1. The lowest BCUT2D eigenvalue weighted by Gasteiger charge is -2.17. The predicted octanol–water partition coefficient (Wildman–Crippen LogP) is 3.28. The minimum absolute atomic E-state index is 0.381. The first kappa shape index (κ1) is 12.6. The predicted molar refractivity (Wildman–Crippen MR) is 64.8 cm³/mol. The second-order valence-electron chi connectivity index (χ2n) is 2.83. The minimum Gasteiger partial charge on any atom is -0.347 e. The highest BCUT2D eigenvalue weighted by atomic mass is 35.5. The molecule has 1 heterocycles. The van der Waals surface area contributed by atoms with Crippen LogP contribution in [0.15, 0.2) is 0 Å². The fraction of sp³-hybridized carbons (Fsp3) is 0.556. The fourth-order valence-corrected chi connectivity index (χ4v) is 2.68.